The maximum atomic E-state index is 12.1. The molecule has 1 aliphatic rings. The summed E-state index contributed by atoms with van der Waals surface area (Å²) in [6.07, 6.45) is 1.55. The van der Waals surface area contributed by atoms with Gasteiger partial charge in [-0.25, -0.2) is 0 Å². The van der Waals surface area contributed by atoms with E-state index in [-0.39, 0.29) is 24.5 Å². The van der Waals surface area contributed by atoms with Crippen LogP contribution in [-0.2, 0) is 16.2 Å². The number of piperidine rings is 1. The Morgan fingerprint density at radius 2 is 1.57 bits per heavy atom. The number of hydrogen-bond acceptors (Lipinski definition) is 4. The second-order valence-electron chi connectivity index (χ2n) is 6.88. The Morgan fingerprint density at radius 1 is 0.964 bits per heavy atom. The molecule has 0 aliphatic carbocycles. The summed E-state index contributed by atoms with van der Waals surface area (Å²) in [7, 11) is 0. The Morgan fingerprint density at radius 3 is 2.18 bits per heavy atom. The Balaban J connectivity index is 1.37. The molecule has 1 saturated heterocycles. The molecule has 148 valence electrons. The van der Waals surface area contributed by atoms with Crippen molar-refractivity contribution in [1.82, 2.24) is 10.2 Å². The summed E-state index contributed by atoms with van der Waals surface area (Å²) in [6, 6.07) is 17.3. The molecule has 2 amide bonds. The van der Waals surface area contributed by atoms with Crippen LogP contribution in [0, 0.1) is 0 Å². The molecule has 0 radical (unpaired) electrons. The van der Waals surface area contributed by atoms with Gasteiger partial charge in [0.25, 0.3) is 5.91 Å². The summed E-state index contributed by atoms with van der Waals surface area (Å²) >= 11 is 0. The number of amides is 2. The lowest BCUT2D eigenvalue weighted by atomic mass is 10.1. The SMILES string of the molecule is CC(=O)N1CCC(NC(=O)COc2ccc(OCc3ccccc3)cc2)CC1. The highest BCUT2D eigenvalue weighted by atomic mass is 16.5. The molecule has 2 aromatic rings. The van der Waals surface area contributed by atoms with Crippen LogP contribution in [0.2, 0.25) is 0 Å². The molecule has 1 fully saturated rings. The summed E-state index contributed by atoms with van der Waals surface area (Å²) in [4.78, 5) is 25.2. The maximum Gasteiger partial charge on any atom is 0.258 e. The first-order valence-corrected chi connectivity index (χ1v) is 9.54. The maximum absolute atomic E-state index is 12.1. The van der Waals surface area contributed by atoms with Crippen molar-refractivity contribution in [2.24, 2.45) is 0 Å². The molecule has 0 spiro atoms. The van der Waals surface area contributed by atoms with Gasteiger partial charge in [0.1, 0.15) is 18.1 Å². The predicted molar refractivity (Wildman–Crippen MR) is 106 cm³/mol. The van der Waals surface area contributed by atoms with E-state index in [0.717, 1.165) is 24.2 Å². The van der Waals surface area contributed by atoms with Crippen LogP contribution in [0.15, 0.2) is 54.6 Å². The molecular weight excluding hydrogens is 356 g/mol. The number of rotatable bonds is 7. The van der Waals surface area contributed by atoms with Gasteiger partial charge >= 0.3 is 0 Å². The van der Waals surface area contributed by atoms with E-state index in [1.807, 2.05) is 42.5 Å². The number of carbonyl (C=O) groups is 2. The summed E-state index contributed by atoms with van der Waals surface area (Å²) in [5, 5.41) is 2.97. The van der Waals surface area contributed by atoms with Gasteiger partial charge in [-0.1, -0.05) is 30.3 Å². The fourth-order valence-corrected chi connectivity index (χ4v) is 3.13. The van der Waals surface area contributed by atoms with Gasteiger partial charge in [0.2, 0.25) is 5.91 Å². The number of ether oxygens (including phenoxy) is 2. The van der Waals surface area contributed by atoms with Gasteiger partial charge in [-0.05, 0) is 42.7 Å². The zero-order chi connectivity index (χ0) is 19.8. The lowest BCUT2D eigenvalue weighted by Crippen LogP contribution is -2.47. The highest BCUT2D eigenvalue weighted by Crippen LogP contribution is 2.19. The van der Waals surface area contributed by atoms with Crippen LogP contribution in [-0.4, -0.2) is 42.5 Å². The third kappa shape index (κ3) is 6.01. The van der Waals surface area contributed by atoms with Crippen molar-refractivity contribution in [2.45, 2.75) is 32.4 Å². The molecule has 3 rings (SSSR count). The first kappa shape index (κ1) is 19.7. The predicted octanol–water partition coefficient (Wildman–Crippen LogP) is 2.77. The van der Waals surface area contributed by atoms with Crippen LogP contribution >= 0.6 is 0 Å². The molecule has 1 aliphatic heterocycles. The zero-order valence-electron chi connectivity index (χ0n) is 16.1. The summed E-state index contributed by atoms with van der Waals surface area (Å²) in [6.45, 7) is 3.42. The third-order valence-electron chi connectivity index (χ3n) is 4.75. The summed E-state index contributed by atoms with van der Waals surface area (Å²) in [5.74, 6) is 1.31. The van der Waals surface area contributed by atoms with Crippen molar-refractivity contribution in [1.29, 1.82) is 0 Å². The number of likely N-dealkylation sites (tertiary alicyclic amines) is 1. The molecule has 2 aromatic carbocycles. The van der Waals surface area contributed by atoms with E-state index in [4.69, 9.17) is 9.47 Å². The zero-order valence-corrected chi connectivity index (χ0v) is 16.1. The van der Waals surface area contributed by atoms with E-state index in [2.05, 4.69) is 5.32 Å². The number of nitrogens with zero attached hydrogens (tertiary/aromatic N) is 1. The Labute approximate surface area is 165 Å². The van der Waals surface area contributed by atoms with Gasteiger partial charge in [-0.3, -0.25) is 9.59 Å². The van der Waals surface area contributed by atoms with E-state index in [1.54, 1.807) is 24.0 Å². The van der Waals surface area contributed by atoms with Gasteiger partial charge in [-0.15, -0.1) is 0 Å². The monoisotopic (exact) mass is 382 g/mol. The fourth-order valence-electron chi connectivity index (χ4n) is 3.13. The summed E-state index contributed by atoms with van der Waals surface area (Å²) in [5.41, 5.74) is 1.11. The van der Waals surface area contributed by atoms with Crippen molar-refractivity contribution in [2.75, 3.05) is 19.7 Å². The first-order valence-electron chi connectivity index (χ1n) is 9.54. The molecule has 0 atom stereocenters. The van der Waals surface area contributed by atoms with Gasteiger partial charge < -0.3 is 19.7 Å². The van der Waals surface area contributed by atoms with Crippen LogP contribution in [0.1, 0.15) is 25.3 Å². The molecule has 0 bridgehead atoms. The third-order valence-corrected chi connectivity index (χ3v) is 4.75. The van der Waals surface area contributed by atoms with E-state index < -0.39 is 0 Å². The quantitative estimate of drug-likeness (QED) is 0.800. The normalized spacial score (nSPS) is 14.4. The second kappa shape index (κ2) is 9.78. The van der Waals surface area contributed by atoms with E-state index in [1.165, 1.54) is 0 Å². The topological polar surface area (TPSA) is 67.9 Å². The number of benzene rings is 2. The number of hydrogen-bond donors (Lipinski definition) is 1. The largest absolute Gasteiger partial charge is 0.489 e. The van der Waals surface area contributed by atoms with Gasteiger partial charge in [0.05, 0.1) is 0 Å². The Bertz CT molecular complexity index is 769. The first-order chi connectivity index (χ1) is 13.6. The minimum atomic E-state index is -0.148. The van der Waals surface area contributed by atoms with Crippen LogP contribution in [0.25, 0.3) is 0 Å². The molecule has 28 heavy (non-hydrogen) atoms. The highest BCUT2D eigenvalue weighted by molar-refractivity contribution is 5.78. The minimum absolute atomic E-state index is 0.0306. The van der Waals surface area contributed by atoms with E-state index in [0.29, 0.717) is 25.4 Å². The molecule has 6 nitrogen and oxygen atoms in total. The van der Waals surface area contributed by atoms with Crippen LogP contribution < -0.4 is 14.8 Å². The van der Waals surface area contributed by atoms with Crippen LogP contribution in [0.5, 0.6) is 11.5 Å². The molecule has 1 heterocycles. The molecular formula is C22H26N2O4. The highest BCUT2D eigenvalue weighted by Gasteiger charge is 2.21. The van der Waals surface area contributed by atoms with Gasteiger partial charge in [-0.2, -0.15) is 0 Å². The number of nitrogens with one attached hydrogen (secondary N) is 1. The summed E-state index contributed by atoms with van der Waals surface area (Å²) < 4.78 is 11.3. The smallest absolute Gasteiger partial charge is 0.258 e. The fraction of sp³-hybridized carbons (Fsp3) is 0.364. The van der Waals surface area contributed by atoms with E-state index >= 15 is 0 Å². The standard InChI is InChI=1S/C22H26N2O4/c1-17(25)24-13-11-19(12-14-24)23-22(26)16-28-21-9-7-20(8-10-21)27-15-18-5-3-2-4-6-18/h2-10,19H,11-16H2,1H3,(H,23,26). The average molecular weight is 382 g/mol. The second-order valence-corrected chi connectivity index (χ2v) is 6.88. The minimum Gasteiger partial charge on any atom is -0.489 e. The molecule has 0 unspecified atom stereocenters. The van der Waals surface area contributed by atoms with Gasteiger partial charge in [0, 0.05) is 26.1 Å². The van der Waals surface area contributed by atoms with Crippen molar-refractivity contribution in [3.63, 3.8) is 0 Å². The van der Waals surface area contributed by atoms with Crippen LogP contribution in [0.4, 0.5) is 0 Å². The van der Waals surface area contributed by atoms with Crippen molar-refractivity contribution < 1.29 is 19.1 Å². The average Bonchev–Trinajstić information content (AvgIpc) is 2.72. The lowest BCUT2D eigenvalue weighted by molar-refractivity contribution is -0.130. The van der Waals surface area contributed by atoms with E-state index in [9.17, 15) is 9.59 Å². The van der Waals surface area contributed by atoms with Crippen LogP contribution in [0.3, 0.4) is 0 Å². The Hall–Kier alpha value is -3.02. The van der Waals surface area contributed by atoms with Gasteiger partial charge in [0.15, 0.2) is 6.61 Å². The number of carbonyl (C=O) groups excluding carboxylic acids is 2. The van der Waals surface area contributed by atoms with Crippen molar-refractivity contribution in [3.05, 3.63) is 60.2 Å². The molecule has 0 saturated carbocycles. The Kier molecular flexibility index (Phi) is 6.89. The molecule has 6 heteroatoms. The molecule has 0 aromatic heterocycles. The lowest BCUT2D eigenvalue weighted by Gasteiger charge is -2.31. The van der Waals surface area contributed by atoms with Crippen molar-refractivity contribution in [3.8, 4) is 11.5 Å². The molecule has 1 N–H and O–H groups in total. The van der Waals surface area contributed by atoms with Crippen molar-refractivity contribution >= 4 is 11.8 Å².